The van der Waals surface area contributed by atoms with Gasteiger partial charge in [0, 0.05) is 94.5 Å². The number of nitrogens with one attached hydrogen (secondary N) is 1. The molecular weight excluding hydrogens is 750 g/mol. The number of rotatable bonds is 7. The Labute approximate surface area is 335 Å². The van der Waals surface area contributed by atoms with E-state index in [1.807, 2.05) is 34.1 Å². The van der Waals surface area contributed by atoms with E-state index in [1.54, 1.807) is 36.4 Å². The molecule has 3 aromatic carbocycles. The molecule has 57 heavy (non-hydrogen) atoms. The van der Waals surface area contributed by atoms with Crippen LogP contribution in [-0.2, 0) is 14.4 Å². The van der Waals surface area contributed by atoms with E-state index in [1.165, 1.54) is 0 Å². The van der Waals surface area contributed by atoms with Crippen LogP contribution in [0.1, 0.15) is 69.6 Å². The van der Waals surface area contributed by atoms with Crippen molar-refractivity contribution in [1.82, 2.24) is 20.0 Å². The van der Waals surface area contributed by atoms with Gasteiger partial charge in [0.05, 0.1) is 22.7 Å². The predicted octanol–water partition coefficient (Wildman–Crippen LogP) is 4.54. The van der Waals surface area contributed by atoms with Crippen LogP contribution < -0.4 is 19.9 Å². The van der Waals surface area contributed by atoms with Gasteiger partial charge in [0.2, 0.25) is 23.4 Å². The molecule has 4 fully saturated rings. The number of anilines is 2. The molecule has 4 saturated heterocycles. The maximum atomic E-state index is 13.6. The number of nitrogens with zero attached hydrogens (tertiary/aromatic N) is 6. The van der Waals surface area contributed by atoms with E-state index in [0.717, 1.165) is 16.3 Å². The van der Waals surface area contributed by atoms with E-state index in [0.29, 0.717) is 100 Å². The molecule has 0 aromatic heterocycles. The van der Waals surface area contributed by atoms with Crippen LogP contribution in [0.3, 0.4) is 0 Å². The molecule has 6 amide bonds. The first kappa shape index (κ1) is 38.0. The molecular formula is C42H42ClN7O7. The molecule has 8 rings (SSSR count). The molecule has 1 unspecified atom stereocenters. The second kappa shape index (κ2) is 15.9. The maximum absolute atomic E-state index is 13.6. The van der Waals surface area contributed by atoms with Gasteiger partial charge < -0.3 is 24.3 Å². The Hall–Kier alpha value is -5.94. The second-order valence-electron chi connectivity index (χ2n) is 15.1. The van der Waals surface area contributed by atoms with E-state index in [-0.39, 0.29) is 47.8 Å². The van der Waals surface area contributed by atoms with E-state index in [9.17, 15) is 28.8 Å². The molecule has 14 nitrogen and oxygen atoms in total. The highest BCUT2D eigenvalue weighted by Gasteiger charge is 2.45. The number of hydrogen-bond acceptors (Lipinski definition) is 9. The molecule has 0 bridgehead atoms. The van der Waals surface area contributed by atoms with Crippen molar-refractivity contribution in [2.45, 2.75) is 50.7 Å². The lowest BCUT2D eigenvalue weighted by Crippen LogP contribution is -2.54. The number of piperidine rings is 3. The Morgan fingerprint density at radius 3 is 2.05 bits per heavy atom. The summed E-state index contributed by atoms with van der Waals surface area (Å²) >= 11 is 6.16. The van der Waals surface area contributed by atoms with E-state index < -0.39 is 29.7 Å². The SMILES string of the molecule is [C-]#[N+]c1ccc(OC2CCN(C(=O)c3ccc(N4CCN(C(=O)C5CCN(c6ccc7c(c6)C(=O)N(C6CCC(=O)NC6=O)C7=O)CC5)CC4)cc3)CC2)cc1Cl. The Bertz CT molecular complexity index is 2170. The smallest absolute Gasteiger partial charge is 0.262 e. The third kappa shape index (κ3) is 7.64. The average Bonchev–Trinajstić information content (AvgIpc) is 3.48. The van der Waals surface area contributed by atoms with Crippen LogP contribution in [0.25, 0.3) is 4.85 Å². The molecule has 0 saturated carbocycles. The first-order valence-corrected chi connectivity index (χ1v) is 19.8. The third-order valence-electron chi connectivity index (χ3n) is 11.8. The molecule has 1 atom stereocenters. The lowest BCUT2D eigenvalue weighted by atomic mass is 9.94. The molecule has 3 aromatic rings. The zero-order valence-corrected chi connectivity index (χ0v) is 32.1. The lowest BCUT2D eigenvalue weighted by Gasteiger charge is -2.40. The molecule has 294 valence electrons. The Morgan fingerprint density at radius 2 is 1.39 bits per heavy atom. The summed E-state index contributed by atoms with van der Waals surface area (Å²) in [7, 11) is 0. The Balaban J connectivity index is 0.785. The fourth-order valence-corrected chi connectivity index (χ4v) is 8.71. The summed E-state index contributed by atoms with van der Waals surface area (Å²) in [6.45, 7) is 12.2. The third-order valence-corrected chi connectivity index (χ3v) is 12.1. The first-order valence-electron chi connectivity index (χ1n) is 19.5. The van der Waals surface area contributed by atoms with Crippen molar-refractivity contribution >= 4 is 64.1 Å². The molecule has 1 N–H and O–H groups in total. The number of carbonyl (C=O) groups is 6. The molecule has 0 spiro atoms. The van der Waals surface area contributed by atoms with Crippen LogP contribution in [0.5, 0.6) is 5.75 Å². The van der Waals surface area contributed by atoms with Crippen molar-refractivity contribution in [3.63, 3.8) is 0 Å². The molecule has 5 aliphatic rings. The number of fused-ring (bicyclic) bond motifs is 1. The minimum absolute atomic E-state index is 0.0119. The van der Waals surface area contributed by atoms with Gasteiger partial charge in [-0.2, -0.15) is 0 Å². The van der Waals surface area contributed by atoms with Crippen LogP contribution in [0, 0.1) is 12.5 Å². The first-order chi connectivity index (χ1) is 27.6. The van der Waals surface area contributed by atoms with Gasteiger partial charge in [-0.25, -0.2) is 4.85 Å². The number of amides is 6. The number of hydrogen-bond donors (Lipinski definition) is 1. The fourth-order valence-electron chi connectivity index (χ4n) is 8.50. The lowest BCUT2D eigenvalue weighted by molar-refractivity contribution is -0.137. The quantitative estimate of drug-likeness (QED) is 0.270. The average molecular weight is 792 g/mol. The number of halogens is 1. The van der Waals surface area contributed by atoms with Crippen molar-refractivity contribution < 1.29 is 33.5 Å². The molecule has 5 heterocycles. The summed E-state index contributed by atoms with van der Waals surface area (Å²) < 4.78 is 6.08. The van der Waals surface area contributed by atoms with E-state index in [4.69, 9.17) is 22.9 Å². The van der Waals surface area contributed by atoms with Gasteiger partial charge in [-0.1, -0.05) is 17.7 Å². The van der Waals surface area contributed by atoms with Gasteiger partial charge >= 0.3 is 0 Å². The van der Waals surface area contributed by atoms with Gasteiger partial charge in [0.15, 0.2) is 0 Å². The summed E-state index contributed by atoms with van der Waals surface area (Å²) in [5.41, 5.74) is 3.31. The summed E-state index contributed by atoms with van der Waals surface area (Å²) in [5, 5.41) is 2.58. The molecule has 0 aliphatic carbocycles. The highest BCUT2D eigenvalue weighted by Crippen LogP contribution is 2.34. The number of benzene rings is 3. The topological polar surface area (TPSA) is 144 Å². The zero-order valence-electron chi connectivity index (χ0n) is 31.3. The number of likely N-dealkylation sites (tertiary alicyclic amines) is 1. The minimum Gasteiger partial charge on any atom is -0.490 e. The van der Waals surface area contributed by atoms with E-state index in [2.05, 4.69) is 20.0 Å². The summed E-state index contributed by atoms with van der Waals surface area (Å²) in [4.78, 5) is 89.9. The van der Waals surface area contributed by atoms with E-state index >= 15 is 0 Å². The molecule has 5 aliphatic heterocycles. The Kier molecular flexibility index (Phi) is 10.6. The van der Waals surface area contributed by atoms with Gasteiger partial charge in [0.25, 0.3) is 17.7 Å². The Morgan fingerprint density at radius 1 is 0.719 bits per heavy atom. The summed E-state index contributed by atoms with van der Waals surface area (Å²) in [6, 6.07) is 16.9. The summed E-state index contributed by atoms with van der Waals surface area (Å²) in [5.74, 6) is -1.46. The number of ether oxygens (including phenoxy) is 1. The van der Waals surface area contributed by atoms with Gasteiger partial charge in [-0.05, 0) is 73.9 Å². The second-order valence-corrected chi connectivity index (χ2v) is 15.5. The van der Waals surface area contributed by atoms with Crippen molar-refractivity contribution in [2.75, 3.05) is 62.2 Å². The maximum Gasteiger partial charge on any atom is 0.262 e. The highest BCUT2D eigenvalue weighted by atomic mass is 35.5. The van der Waals surface area contributed by atoms with Crippen LogP contribution in [0.2, 0.25) is 5.02 Å². The number of piperazine rings is 1. The predicted molar refractivity (Wildman–Crippen MR) is 211 cm³/mol. The van der Waals surface area contributed by atoms with Crippen LogP contribution >= 0.6 is 11.6 Å². The van der Waals surface area contributed by atoms with Crippen molar-refractivity contribution in [2.24, 2.45) is 5.92 Å². The summed E-state index contributed by atoms with van der Waals surface area (Å²) in [6.07, 6.45) is 2.86. The van der Waals surface area contributed by atoms with Crippen molar-refractivity contribution in [1.29, 1.82) is 0 Å². The van der Waals surface area contributed by atoms with Crippen LogP contribution in [-0.4, -0.2) is 115 Å². The molecule has 0 radical (unpaired) electrons. The fraction of sp³-hybridized carbons (Fsp3) is 0.405. The largest absolute Gasteiger partial charge is 0.490 e. The minimum atomic E-state index is -1.01. The van der Waals surface area contributed by atoms with Crippen molar-refractivity contribution in [3.05, 3.63) is 93.8 Å². The number of imide groups is 2. The monoisotopic (exact) mass is 791 g/mol. The van der Waals surface area contributed by atoms with Crippen LogP contribution in [0.15, 0.2) is 60.7 Å². The molecule has 15 heteroatoms. The normalized spacial score (nSPS) is 20.7. The van der Waals surface area contributed by atoms with Crippen molar-refractivity contribution in [3.8, 4) is 5.75 Å². The van der Waals surface area contributed by atoms with Gasteiger partial charge in [-0.3, -0.25) is 39.0 Å². The highest BCUT2D eigenvalue weighted by molar-refractivity contribution is 6.33. The zero-order chi connectivity index (χ0) is 39.8. The van der Waals surface area contributed by atoms with Gasteiger partial charge in [-0.15, -0.1) is 0 Å². The number of carbonyl (C=O) groups excluding carboxylic acids is 6. The standard InChI is InChI=1S/C42H42ClN7O7/c1-44-35-9-7-31(25-34(35)43)57-30-14-18-48(19-15-30)39(53)26-2-4-28(5-3-26)47-20-22-49(23-21-47)40(54)27-12-16-46(17-13-27)29-6-8-32-33(24-29)42(56)50(41(32)55)36-10-11-37(51)45-38(36)52/h2-9,24-25,27,30,36H,10-23H2,(H,45,51,52). The van der Waals surface area contributed by atoms with Crippen LogP contribution in [0.4, 0.5) is 17.1 Å². The van der Waals surface area contributed by atoms with Gasteiger partial charge in [0.1, 0.15) is 17.9 Å².